The molecule has 0 heterocycles. The van der Waals surface area contributed by atoms with Crippen LogP contribution in [0.25, 0.3) is 0 Å². The molecule has 9 heteroatoms. The predicted octanol–water partition coefficient (Wildman–Crippen LogP) is 23.3. The van der Waals surface area contributed by atoms with Crippen LogP contribution in [0.15, 0.2) is 146 Å². The molecule has 0 N–H and O–H groups in total. The third kappa shape index (κ3) is 74.6. The summed E-state index contributed by atoms with van der Waals surface area (Å²) in [5.74, 6) is -2.32. The van der Waals surface area contributed by atoms with Gasteiger partial charge >= 0.3 is 11.9 Å². The van der Waals surface area contributed by atoms with Gasteiger partial charge in [-0.1, -0.05) is 346 Å². The van der Waals surface area contributed by atoms with Crippen LogP contribution in [-0.4, -0.2) is 82.3 Å². The lowest BCUT2D eigenvalue weighted by molar-refractivity contribution is -0.870. The third-order valence-electron chi connectivity index (χ3n) is 16.4. The highest BCUT2D eigenvalue weighted by atomic mass is 16.7. The molecule has 0 spiro atoms. The highest BCUT2D eigenvalue weighted by Crippen LogP contribution is 2.18. The number of carbonyl (C=O) groups excluding carboxylic acids is 3. The molecular formula is C85H143NO8. The van der Waals surface area contributed by atoms with E-state index in [-0.39, 0.29) is 38.6 Å². The Bertz CT molecular complexity index is 2060. The van der Waals surface area contributed by atoms with Crippen molar-refractivity contribution in [2.24, 2.45) is 0 Å². The number of quaternary nitrogens is 1. The van der Waals surface area contributed by atoms with Crippen LogP contribution >= 0.6 is 0 Å². The molecule has 0 bridgehead atoms. The van der Waals surface area contributed by atoms with E-state index in [1.165, 1.54) is 161 Å². The summed E-state index contributed by atoms with van der Waals surface area (Å²) in [5.41, 5.74) is 0. The quantitative estimate of drug-likeness (QED) is 0.0195. The van der Waals surface area contributed by atoms with Crippen LogP contribution in [0, 0.1) is 0 Å². The Labute approximate surface area is 579 Å². The Kier molecular flexibility index (Phi) is 70.2. The predicted molar refractivity (Wildman–Crippen MR) is 402 cm³/mol. The van der Waals surface area contributed by atoms with Crippen LogP contribution in [0.5, 0.6) is 0 Å². The van der Waals surface area contributed by atoms with Gasteiger partial charge in [0.05, 0.1) is 40.3 Å². The number of unbranched alkanes of at least 4 members (excludes halogenated alkanes) is 31. The molecule has 0 aromatic heterocycles. The fourth-order valence-corrected chi connectivity index (χ4v) is 10.5. The van der Waals surface area contributed by atoms with E-state index in [2.05, 4.69) is 160 Å². The summed E-state index contributed by atoms with van der Waals surface area (Å²) >= 11 is 0. The van der Waals surface area contributed by atoms with Gasteiger partial charge in [-0.2, -0.15) is 0 Å². The summed E-state index contributed by atoms with van der Waals surface area (Å²) in [4.78, 5) is 37.5. The van der Waals surface area contributed by atoms with Gasteiger partial charge in [0.1, 0.15) is 13.2 Å². The molecule has 0 saturated carbocycles. The molecule has 0 aliphatic heterocycles. The number of likely N-dealkylation sites (N-methyl/N-ethyl adjacent to an activating group) is 1. The monoisotopic (exact) mass is 1310 g/mol. The Hall–Kier alpha value is -4.83. The second-order valence-corrected chi connectivity index (χ2v) is 26.6. The van der Waals surface area contributed by atoms with E-state index in [1.54, 1.807) is 0 Å². The van der Waals surface area contributed by atoms with Crippen LogP contribution in [0.4, 0.5) is 0 Å². The Morgan fingerprint density at radius 2 is 0.606 bits per heavy atom. The van der Waals surface area contributed by atoms with Crippen molar-refractivity contribution in [2.75, 3.05) is 47.5 Å². The maximum absolute atomic E-state index is 12.9. The molecule has 2 atom stereocenters. The number of rotatable bonds is 70. The largest absolute Gasteiger partial charge is 0.545 e. The van der Waals surface area contributed by atoms with Crippen molar-refractivity contribution < 1.29 is 42.9 Å². The van der Waals surface area contributed by atoms with Gasteiger partial charge in [-0.15, -0.1) is 0 Å². The number of nitrogens with zero attached hydrogens (tertiary/aromatic N) is 1. The van der Waals surface area contributed by atoms with Crippen molar-refractivity contribution in [1.29, 1.82) is 0 Å². The standard InChI is InChI=1S/C85H143NO8/c1-6-8-10-12-14-16-18-20-22-24-26-28-30-32-34-36-37-38-39-40-41-42-43-44-45-46-47-48-50-52-54-56-58-60-62-64-66-68-70-72-74-76-83(88)94-81(80-93-85(84(89)90)91-78-77-86(3,4)5)79-92-82(87)75-73-71-69-67-65-63-61-59-57-55-53-51-49-35-33-31-29-27-25-23-21-19-17-15-13-11-9-7-2/h8,10,14,16,20,22,26,28,32,34,37-38,40-41,43-44,46-47,50,52,56,58,62,64,81,85H,6-7,9,11-13,15,17-19,21,23-25,27,29-31,33,35-36,39,42,45,48-49,51,53-55,57,59-61,63,65-80H2,1-5H3/b10-8-,16-14-,22-20-,28-26-,34-32-,38-37-,41-40-,44-43-,47-46-,52-50-,58-56-,64-62-. The van der Waals surface area contributed by atoms with Gasteiger partial charge in [-0.05, 0) is 103 Å². The topological polar surface area (TPSA) is 111 Å². The number of aliphatic carboxylic acids is 1. The zero-order valence-corrected chi connectivity index (χ0v) is 61.3. The number of hydrogen-bond acceptors (Lipinski definition) is 8. The number of carboxylic acid groups (broad SMARTS) is 1. The number of carbonyl (C=O) groups is 3. The number of allylic oxidation sites excluding steroid dienone is 24. The normalized spacial score (nSPS) is 13.5. The van der Waals surface area contributed by atoms with Crippen molar-refractivity contribution in [3.63, 3.8) is 0 Å². The molecular weight excluding hydrogens is 1160 g/mol. The Balaban J connectivity index is 4.17. The second-order valence-electron chi connectivity index (χ2n) is 26.6. The lowest BCUT2D eigenvalue weighted by Gasteiger charge is -2.26. The third-order valence-corrected chi connectivity index (χ3v) is 16.4. The Morgan fingerprint density at radius 3 is 0.904 bits per heavy atom. The Morgan fingerprint density at radius 1 is 0.330 bits per heavy atom. The highest BCUT2D eigenvalue weighted by molar-refractivity contribution is 5.70. The van der Waals surface area contributed by atoms with Gasteiger partial charge < -0.3 is 33.3 Å². The van der Waals surface area contributed by atoms with Crippen LogP contribution in [0.2, 0.25) is 0 Å². The highest BCUT2D eigenvalue weighted by Gasteiger charge is 2.22. The van der Waals surface area contributed by atoms with E-state index in [1.807, 2.05) is 21.1 Å². The number of ether oxygens (including phenoxy) is 4. The minimum absolute atomic E-state index is 0.137. The van der Waals surface area contributed by atoms with Crippen LogP contribution in [-0.2, 0) is 33.3 Å². The van der Waals surface area contributed by atoms with Gasteiger partial charge in [-0.3, -0.25) is 9.59 Å². The van der Waals surface area contributed by atoms with E-state index in [0.717, 1.165) is 122 Å². The number of carboxylic acids is 1. The second kappa shape index (κ2) is 74.0. The van der Waals surface area contributed by atoms with Crippen molar-refractivity contribution in [3.8, 4) is 0 Å². The lowest BCUT2D eigenvalue weighted by Crippen LogP contribution is -2.44. The van der Waals surface area contributed by atoms with Crippen LogP contribution in [0.3, 0.4) is 0 Å². The molecule has 0 fully saturated rings. The van der Waals surface area contributed by atoms with Gasteiger partial charge in [0.25, 0.3) is 0 Å². The van der Waals surface area contributed by atoms with Gasteiger partial charge in [0, 0.05) is 12.8 Å². The number of hydrogen-bond donors (Lipinski definition) is 0. The van der Waals surface area contributed by atoms with Crippen LogP contribution < -0.4 is 5.11 Å². The molecule has 0 aliphatic carbocycles. The zero-order valence-electron chi connectivity index (χ0n) is 61.3. The molecule has 9 nitrogen and oxygen atoms in total. The van der Waals surface area contributed by atoms with E-state index >= 15 is 0 Å². The maximum atomic E-state index is 12.9. The van der Waals surface area contributed by atoms with Gasteiger partial charge in [-0.25, -0.2) is 0 Å². The summed E-state index contributed by atoms with van der Waals surface area (Å²) < 4.78 is 22.8. The van der Waals surface area contributed by atoms with Gasteiger partial charge in [0.15, 0.2) is 12.4 Å². The van der Waals surface area contributed by atoms with Crippen molar-refractivity contribution in [1.82, 2.24) is 0 Å². The summed E-state index contributed by atoms with van der Waals surface area (Å²) in [5, 5.41) is 11.8. The van der Waals surface area contributed by atoms with E-state index in [9.17, 15) is 19.5 Å². The van der Waals surface area contributed by atoms with Gasteiger partial charge in [0.2, 0.25) is 0 Å². The lowest BCUT2D eigenvalue weighted by atomic mass is 10.0. The molecule has 0 saturated heterocycles. The first-order valence-corrected chi connectivity index (χ1v) is 38.5. The molecule has 536 valence electrons. The van der Waals surface area contributed by atoms with E-state index in [4.69, 9.17) is 18.9 Å². The average Bonchev–Trinajstić information content (AvgIpc) is 3.42. The summed E-state index contributed by atoms with van der Waals surface area (Å²) in [7, 11) is 5.92. The van der Waals surface area contributed by atoms with Crippen LogP contribution in [0.1, 0.15) is 316 Å². The minimum atomic E-state index is -1.64. The molecule has 0 rings (SSSR count). The maximum Gasteiger partial charge on any atom is 0.306 e. The number of esters is 2. The molecule has 0 aliphatic rings. The summed E-state index contributed by atoms with van der Waals surface area (Å²) in [6.07, 6.45) is 105. The first-order chi connectivity index (χ1) is 46.1. The molecule has 0 aromatic carbocycles. The fourth-order valence-electron chi connectivity index (χ4n) is 10.5. The molecule has 0 radical (unpaired) electrons. The fraction of sp³-hybridized carbons (Fsp3) is 0.682. The van der Waals surface area contributed by atoms with Crippen molar-refractivity contribution in [2.45, 2.75) is 328 Å². The van der Waals surface area contributed by atoms with Crippen molar-refractivity contribution >= 4 is 17.9 Å². The molecule has 94 heavy (non-hydrogen) atoms. The zero-order chi connectivity index (χ0) is 68.2. The summed E-state index contributed by atoms with van der Waals surface area (Å²) in [6, 6.07) is 0. The first kappa shape index (κ1) is 89.2. The minimum Gasteiger partial charge on any atom is -0.545 e. The smallest absolute Gasteiger partial charge is 0.306 e. The van der Waals surface area contributed by atoms with E-state index in [0.29, 0.717) is 17.4 Å². The average molecular weight is 1310 g/mol. The SMILES string of the molecule is CC/C=C\C/C=C\C/C=C\C/C=C\C/C=C\C/C=C\C/C=C\C/C=C\C/C=C\C/C=C\C/C=C\C/C=C\CCCCCCC(=O)OC(COC(=O)CCCCCCCCCCCCCCCCCCCCCCCCCCCCCC)COC(OCC[N+](C)(C)C)C(=O)[O-]. The molecule has 0 aromatic rings. The summed E-state index contributed by atoms with van der Waals surface area (Å²) in [6.45, 7) is 4.63. The van der Waals surface area contributed by atoms with E-state index < -0.39 is 24.3 Å². The van der Waals surface area contributed by atoms with Crippen molar-refractivity contribution in [3.05, 3.63) is 146 Å². The first-order valence-electron chi connectivity index (χ1n) is 38.5. The molecule has 0 amide bonds. The molecule has 2 unspecified atom stereocenters.